The topological polar surface area (TPSA) is 78.6 Å². The van der Waals surface area contributed by atoms with Gasteiger partial charge in [-0.1, -0.05) is 51.5 Å². The molecule has 3 rings (SSSR count). The van der Waals surface area contributed by atoms with Crippen molar-refractivity contribution >= 4 is 16.9 Å². The van der Waals surface area contributed by atoms with Gasteiger partial charge in [-0.3, -0.25) is 0 Å². The van der Waals surface area contributed by atoms with Crippen molar-refractivity contribution in [3.05, 3.63) is 70.7 Å². The summed E-state index contributed by atoms with van der Waals surface area (Å²) in [6.07, 6.45) is 11.2. The summed E-state index contributed by atoms with van der Waals surface area (Å²) in [7, 11) is 0. The number of rotatable bonds is 15. The Morgan fingerprint density at radius 1 is 0.892 bits per heavy atom. The molecule has 0 fully saturated rings. The Bertz CT molecular complexity index is 1250. The zero-order valence-electron chi connectivity index (χ0n) is 21.2. The molecule has 0 saturated heterocycles. The minimum absolute atomic E-state index is 0.0606. The van der Waals surface area contributed by atoms with Gasteiger partial charge >= 0.3 is 11.6 Å². The molecule has 0 amide bonds. The number of halogens is 2. The second kappa shape index (κ2) is 14.3. The fourth-order valence-electron chi connectivity index (χ4n) is 3.89. The number of aromatic nitrogens is 1. The number of benzene rings is 1. The normalized spacial score (nSPS) is 11.0. The molecular formula is C29H33F2NO5. The van der Waals surface area contributed by atoms with Crippen molar-refractivity contribution in [2.45, 2.75) is 64.7 Å². The fraction of sp³-hybridized carbons (Fsp3) is 0.414. The van der Waals surface area contributed by atoms with Gasteiger partial charge in [0.25, 0.3) is 0 Å². The van der Waals surface area contributed by atoms with E-state index in [9.17, 15) is 18.4 Å². The average molecular weight is 514 g/mol. The lowest BCUT2D eigenvalue weighted by Crippen LogP contribution is -2.05. The van der Waals surface area contributed by atoms with Crippen LogP contribution in [0.4, 0.5) is 8.78 Å². The van der Waals surface area contributed by atoms with E-state index < -0.39 is 17.3 Å². The fourth-order valence-corrected chi connectivity index (χ4v) is 3.89. The van der Waals surface area contributed by atoms with E-state index in [1.165, 1.54) is 31.5 Å². The van der Waals surface area contributed by atoms with Crippen LogP contribution in [-0.4, -0.2) is 24.2 Å². The summed E-state index contributed by atoms with van der Waals surface area (Å²) >= 11 is 0. The molecule has 0 aliphatic heterocycles. The van der Waals surface area contributed by atoms with Gasteiger partial charge in [-0.05, 0) is 43.5 Å². The minimum atomic E-state index is -0.771. The molecular weight excluding hydrogens is 480 g/mol. The van der Waals surface area contributed by atoms with Crippen molar-refractivity contribution in [2.24, 2.45) is 0 Å². The highest BCUT2D eigenvalue weighted by Crippen LogP contribution is 2.24. The predicted octanol–water partition coefficient (Wildman–Crippen LogP) is 7.14. The summed E-state index contributed by atoms with van der Waals surface area (Å²) in [6, 6.07) is 5.96. The van der Waals surface area contributed by atoms with Gasteiger partial charge in [0.2, 0.25) is 5.88 Å². The molecule has 6 nitrogen and oxygen atoms in total. The van der Waals surface area contributed by atoms with Crippen LogP contribution in [0.5, 0.6) is 5.88 Å². The number of nitrogens with zero attached hydrogens (tertiary/aromatic N) is 1. The summed E-state index contributed by atoms with van der Waals surface area (Å²) in [5.41, 5.74) is 0.204. The van der Waals surface area contributed by atoms with Crippen LogP contribution >= 0.6 is 0 Å². The van der Waals surface area contributed by atoms with Crippen molar-refractivity contribution in [2.75, 3.05) is 13.2 Å². The summed E-state index contributed by atoms with van der Waals surface area (Å²) in [6.45, 7) is 6.17. The van der Waals surface area contributed by atoms with Crippen LogP contribution in [0.3, 0.4) is 0 Å². The number of fused-ring (bicyclic) bond motifs is 1. The van der Waals surface area contributed by atoms with E-state index in [1.54, 1.807) is 13.0 Å². The highest BCUT2D eigenvalue weighted by molar-refractivity contribution is 5.86. The molecule has 0 N–H and O–H groups in total. The van der Waals surface area contributed by atoms with Crippen LogP contribution < -0.4 is 10.4 Å². The molecule has 0 aliphatic carbocycles. The van der Waals surface area contributed by atoms with Gasteiger partial charge in [-0.15, -0.1) is 0 Å². The molecule has 0 radical (unpaired) electrons. The van der Waals surface area contributed by atoms with Gasteiger partial charge in [0.05, 0.1) is 18.8 Å². The molecule has 0 aliphatic rings. The van der Waals surface area contributed by atoms with E-state index in [4.69, 9.17) is 13.9 Å². The molecule has 2 aromatic heterocycles. The summed E-state index contributed by atoms with van der Waals surface area (Å²) in [4.78, 5) is 27.9. The monoisotopic (exact) mass is 513 g/mol. The Labute approximate surface area is 215 Å². The average Bonchev–Trinajstić information content (AvgIpc) is 2.85. The van der Waals surface area contributed by atoms with Crippen molar-refractivity contribution in [3.8, 4) is 17.0 Å². The predicted molar refractivity (Wildman–Crippen MR) is 138 cm³/mol. The van der Waals surface area contributed by atoms with E-state index in [1.807, 2.05) is 0 Å². The van der Waals surface area contributed by atoms with Crippen LogP contribution in [-0.2, 0) is 9.53 Å². The van der Waals surface area contributed by atoms with Crippen molar-refractivity contribution in [3.63, 3.8) is 0 Å². The van der Waals surface area contributed by atoms with Gasteiger partial charge < -0.3 is 13.9 Å². The molecule has 0 saturated carbocycles. The molecule has 0 bridgehead atoms. The highest BCUT2D eigenvalue weighted by atomic mass is 19.1. The Hall–Kier alpha value is -3.55. The third kappa shape index (κ3) is 9.12. The van der Waals surface area contributed by atoms with Crippen LogP contribution in [0.2, 0.25) is 0 Å². The first-order valence-corrected chi connectivity index (χ1v) is 12.7. The Morgan fingerprint density at radius 3 is 2.11 bits per heavy atom. The van der Waals surface area contributed by atoms with Gasteiger partial charge in [0.1, 0.15) is 17.2 Å². The lowest BCUT2D eigenvalue weighted by molar-refractivity contribution is -0.139. The zero-order chi connectivity index (χ0) is 26.6. The summed E-state index contributed by atoms with van der Waals surface area (Å²) in [5, 5.41) is 0.527. The van der Waals surface area contributed by atoms with Gasteiger partial charge in [0.15, 0.2) is 0 Å². The van der Waals surface area contributed by atoms with Crippen LogP contribution in [0, 0.1) is 11.6 Å². The third-order valence-electron chi connectivity index (χ3n) is 5.89. The van der Waals surface area contributed by atoms with Crippen LogP contribution in [0.15, 0.2) is 57.9 Å². The summed E-state index contributed by atoms with van der Waals surface area (Å²) in [5.74, 6) is -1.50. The standard InChI is InChI=1S/C29H33F2NO5/c1-20(2)28(33)36-13-11-9-7-5-3-4-6-8-10-12-35-27-18-26-22(19-32-27)16-25(29(34)37-26)21-14-23(30)17-24(31)15-21/h14-19H,1,3-13H2,2H3. The smallest absolute Gasteiger partial charge is 0.344 e. The van der Waals surface area contributed by atoms with Crippen molar-refractivity contribution in [1.29, 1.82) is 0 Å². The number of pyridine rings is 1. The van der Waals surface area contributed by atoms with E-state index in [0.717, 1.165) is 56.7 Å². The minimum Gasteiger partial charge on any atom is -0.478 e. The lowest BCUT2D eigenvalue weighted by Gasteiger charge is -2.07. The van der Waals surface area contributed by atoms with E-state index in [0.29, 0.717) is 35.6 Å². The van der Waals surface area contributed by atoms with Crippen molar-refractivity contribution in [1.82, 2.24) is 4.98 Å². The van der Waals surface area contributed by atoms with Crippen molar-refractivity contribution < 1.29 is 27.5 Å². The maximum atomic E-state index is 13.5. The Kier molecular flexibility index (Phi) is 10.8. The third-order valence-corrected chi connectivity index (χ3v) is 5.89. The molecule has 2 heterocycles. The first-order chi connectivity index (χ1) is 17.8. The molecule has 1 aromatic carbocycles. The molecule has 0 atom stereocenters. The second-order valence-electron chi connectivity index (χ2n) is 9.11. The molecule has 37 heavy (non-hydrogen) atoms. The number of ether oxygens (including phenoxy) is 2. The van der Waals surface area contributed by atoms with E-state index in [2.05, 4.69) is 11.6 Å². The largest absolute Gasteiger partial charge is 0.478 e. The van der Waals surface area contributed by atoms with Gasteiger partial charge in [-0.25, -0.2) is 23.4 Å². The summed E-state index contributed by atoms with van der Waals surface area (Å²) < 4.78 is 43.2. The molecule has 3 aromatic rings. The lowest BCUT2D eigenvalue weighted by atomic mass is 10.1. The highest BCUT2D eigenvalue weighted by Gasteiger charge is 2.12. The number of esters is 1. The first kappa shape index (κ1) is 28.0. The molecule has 8 heteroatoms. The Morgan fingerprint density at radius 2 is 1.49 bits per heavy atom. The first-order valence-electron chi connectivity index (χ1n) is 12.7. The quantitative estimate of drug-likeness (QED) is 0.122. The molecule has 0 unspecified atom stereocenters. The number of hydrogen-bond acceptors (Lipinski definition) is 6. The zero-order valence-corrected chi connectivity index (χ0v) is 21.2. The molecule has 198 valence electrons. The van der Waals surface area contributed by atoms with E-state index >= 15 is 0 Å². The van der Waals surface area contributed by atoms with Crippen LogP contribution in [0.25, 0.3) is 22.1 Å². The maximum absolute atomic E-state index is 13.5. The maximum Gasteiger partial charge on any atom is 0.344 e. The number of carbonyl (C=O) groups excluding carboxylic acids is 1. The number of carbonyl (C=O) groups is 1. The van der Waals surface area contributed by atoms with Gasteiger partial charge in [0, 0.05) is 29.3 Å². The molecule has 0 spiro atoms. The second-order valence-corrected chi connectivity index (χ2v) is 9.11. The Balaban J connectivity index is 1.32. The van der Waals surface area contributed by atoms with Gasteiger partial charge in [-0.2, -0.15) is 0 Å². The van der Waals surface area contributed by atoms with Crippen LogP contribution in [0.1, 0.15) is 64.7 Å². The number of unbranched alkanes of at least 4 members (excludes halogenated alkanes) is 8. The van der Waals surface area contributed by atoms with E-state index in [-0.39, 0.29) is 17.1 Å². The number of hydrogen-bond donors (Lipinski definition) is 0. The SMILES string of the molecule is C=C(C)C(=O)OCCCCCCCCCCCOc1cc2oc(=O)c(-c3cc(F)cc(F)c3)cc2cn1.